The van der Waals surface area contributed by atoms with Crippen LogP contribution in [-0.2, 0) is 17.7 Å². The van der Waals surface area contributed by atoms with Crippen molar-refractivity contribution in [2.45, 2.75) is 71.1 Å². The van der Waals surface area contributed by atoms with E-state index in [1.165, 1.54) is 12.1 Å². The van der Waals surface area contributed by atoms with E-state index >= 15 is 0 Å². The predicted octanol–water partition coefficient (Wildman–Crippen LogP) is 5.54. The molecule has 7 heteroatoms. The van der Waals surface area contributed by atoms with Gasteiger partial charge in [0.2, 0.25) is 0 Å². The fourth-order valence-electron chi connectivity index (χ4n) is 4.68. The molecule has 0 N–H and O–H groups in total. The Hall–Kier alpha value is -3.09. The molecule has 0 aliphatic carbocycles. The molecule has 1 fully saturated rings. The van der Waals surface area contributed by atoms with E-state index in [1.807, 2.05) is 66.3 Å². The first-order valence-electron chi connectivity index (χ1n) is 12.1. The summed E-state index contributed by atoms with van der Waals surface area (Å²) in [5.41, 5.74) is 2.49. The molecule has 1 aliphatic rings. The van der Waals surface area contributed by atoms with Crippen molar-refractivity contribution in [3.63, 3.8) is 0 Å². The largest absolute Gasteiger partial charge is 0.444 e. The number of benzene rings is 2. The normalized spacial score (nSPS) is 15.1. The molecule has 1 aromatic heterocycles. The Bertz CT molecular complexity index is 1180. The number of likely N-dealkylation sites (tertiary alicyclic amines) is 1. The van der Waals surface area contributed by atoms with E-state index in [4.69, 9.17) is 4.74 Å². The number of ether oxygens (including phenoxy) is 1. The van der Waals surface area contributed by atoms with Crippen LogP contribution in [0.3, 0.4) is 0 Å². The number of halogens is 1. The van der Waals surface area contributed by atoms with Gasteiger partial charge in [-0.1, -0.05) is 24.3 Å². The molecule has 0 atom stereocenters. The van der Waals surface area contributed by atoms with E-state index in [0.717, 1.165) is 48.7 Å². The summed E-state index contributed by atoms with van der Waals surface area (Å²) < 4.78 is 22.4. The number of hydrogen-bond acceptors (Lipinski definition) is 3. The van der Waals surface area contributed by atoms with Crippen molar-refractivity contribution in [3.05, 3.63) is 70.4 Å². The maximum Gasteiger partial charge on any atom is 0.410 e. The lowest BCUT2D eigenvalue weighted by Crippen LogP contribution is -2.43. The Morgan fingerprint density at radius 2 is 1.65 bits per heavy atom. The van der Waals surface area contributed by atoms with Gasteiger partial charge in [-0.05, 0) is 82.7 Å². The number of amides is 1. The summed E-state index contributed by atoms with van der Waals surface area (Å²) >= 11 is 0. The van der Waals surface area contributed by atoms with Gasteiger partial charge in [0.25, 0.3) is 0 Å². The lowest BCUT2D eigenvalue weighted by molar-refractivity contribution is 0.0188. The molecule has 2 aromatic carbocycles. The van der Waals surface area contributed by atoms with Gasteiger partial charge < -0.3 is 9.64 Å². The standard InChI is InChI=1S/C27H34FN3O3/c1-27(2,3)34-26(33)29-18-15-22(16-19-29)31-24-10-5-4-9-23(24)30(25(31)32)17-7-6-8-20-11-13-21(28)14-12-20/h4-5,9-14,22H,6-8,15-19H2,1-3H3. The van der Waals surface area contributed by atoms with E-state index in [2.05, 4.69) is 0 Å². The van der Waals surface area contributed by atoms with Gasteiger partial charge in [-0.15, -0.1) is 0 Å². The number of hydrogen-bond donors (Lipinski definition) is 0. The summed E-state index contributed by atoms with van der Waals surface area (Å²) in [5, 5.41) is 0. The molecule has 0 spiro atoms. The maximum atomic E-state index is 13.5. The van der Waals surface area contributed by atoms with Crippen LogP contribution in [0.5, 0.6) is 0 Å². The molecule has 1 saturated heterocycles. The number of unbranched alkanes of at least 4 members (excludes halogenated alkanes) is 1. The fourth-order valence-corrected chi connectivity index (χ4v) is 4.68. The summed E-state index contributed by atoms with van der Waals surface area (Å²) in [5.74, 6) is -0.222. The molecule has 182 valence electrons. The van der Waals surface area contributed by atoms with Gasteiger partial charge in [-0.25, -0.2) is 14.0 Å². The minimum absolute atomic E-state index is 0.0127. The third-order valence-electron chi connectivity index (χ3n) is 6.36. The first-order valence-corrected chi connectivity index (χ1v) is 12.1. The van der Waals surface area contributed by atoms with Crippen molar-refractivity contribution in [1.82, 2.24) is 14.0 Å². The highest BCUT2D eigenvalue weighted by Gasteiger charge is 2.29. The van der Waals surface area contributed by atoms with Crippen LogP contribution in [0.4, 0.5) is 9.18 Å². The second-order valence-corrected chi connectivity index (χ2v) is 10.1. The minimum atomic E-state index is -0.519. The van der Waals surface area contributed by atoms with E-state index < -0.39 is 5.60 Å². The first kappa shape index (κ1) is 24.0. The van der Waals surface area contributed by atoms with Crippen LogP contribution in [0.15, 0.2) is 53.3 Å². The van der Waals surface area contributed by atoms with Gasteiger partial charge in [0.15, 0.2) is 0 Å². The van der Waals surface area contributed by atoms with Crippen molar-refractivity contribution in [1.29, 1.82) is 0 Å². The average Bonchev–Trinajstić information content (AvgIpc) is 3.08. The number of rotatable bonds is 6. The third kappa shape index (κ3) is 5.51. The van der Waals surface area contributed by atoms with E-state index in [9.17, 15) is 14.0 Å². The monoisotopic (exact) mass is 467 g/mol. The molecule has 1 aliphatic heterocycles. The summed E-state index contributed by atoms with van der Waals surface area (Å²) in [7, 11) is 0. The molecule has 1 amide bonds. The number of aryl methyl sites for hydroxylation is 2. The van der Waals surface area contributed by atoms with Crippen LogP contribution in [-0.4, -0.2) is 38.8 Å². The first-order chi connectivity index (χ1) is 16.2. The average molecular weight is 468 g/mol. The Balaban J connectivity index is 1.44. The SMILES string of the molecule is CC(C)(C)OC(=O)N1CCC(n2c(=O)n(CCCCc3ccc(F)cc3)c3ccccc32)CC1. The van der Waals surface area contributed by atoms with Crippen LogP contribution in [0.2, 0.25) is 0 Å². The quantitative estimate of drug-likeness (QED) is 0.448. The molecule has 0 bridgehead atoms. The number of imidazole rings is 1. The molecular weight excluding hydrogens is 433 g/mol. The zero-order chi connectivity index (χ0) is 24.3. The lowest BCUT2D eigenvalue weighted by Gasteiger charge is -2.33. The second kappa shape index (κ2) is 10.0. The Labute approximate surface area is 199 Å². The topological polar surface area (TPSA) is 56.5 Å². The lowest BCUT2D eigenvalue weighted by atomic mass is 10.0. The van der Waals surface area contributed by atoms with Crippen LogP contribution < -0.4 is 5.69 Å². The zero-order valence-electron chi connectivity index (χ0n) is 20.3. The highest BCUT2D eigenvalue weighted by molar-refractivity contribution is 5.76. The van der Waals surface area contributed by atoms with E-state index in [-0.39, 0.29) is 23.6 Å². The van der Waals surface area contributed by atoms with E-state index in [1.54, 1.807) is 4.90 Å². The smallest absolute Gasteiger partial charge is 0.410 e. The van der Waals surface area contributed by atoms with E-state index in [0.29, 0.717) is 19.6 Å². The molecule has 0 unspecified atom stereocenters. The predicted molar refractivity (Wildman–Crippen MR) is 132 cm³/mol. The van der Waals surface area contributed by atoms with Crippen LogP contribution in [0.25, 0.3) is 11.0 Å². The number of para-hydroxylation sites is 2. The van der Waals surface area contributed by atoms with Gasteiger partial charge in [-0.3, -0.25) is 9.13 Å². The summed E-state index contributed by atoms with van der Waals surface area (Å²) in [6.07, 6.45) is 3.79. The third-order valence-corrected chi connectivity index (χ3v) is 6.36. The zero-order valence-corrected chi connectivity index (χ0v) is 20.3. The molecule has 2 heterocycles. The number of carbonyl (C=O) groups excluding carboxylic acids is 1. The Morgan fingerprint density at radius 1 is 1.00 bits per heavy atom. The van der Waals surface area contributed by atoms with Gasteiger partial charge in [0.1, 0.15) is 11.4 Å². The number of fused-ring (bicyclic) bond motifs is 1. The highest BCUT2D eigenvalue weighted by atomic mass is 19.1. The number of piperidine rings is 1. The molecule has 4 rings (SSSR count). The Kier molecular flexibility index (Phi) is 7.10. The summed E-state index contributed by atoms with van der Waals surface area (Å²) in [6.45, 7) is 7.39. The minimum Gasteiger partial charge on any atom is -0.444 e. The molecule has 34 heavy (non-hydrogen) atoms. The van der Waals surface area contributed by atoms with Crippen molar-refractivity contribution in [2.24, 2.45) is 0 Å². The van der Waals surface area contributed by atoms with Gasteiger partial charge in [0, 0.05) is 25.7 Å². The molecule has 3 aromatic rings. The maximum absolute atomic E-state index is 13.5. The molecule has 0 saturated carbocycles. The fraction of sp³-hybridized carbons (Fsp3) is 0.481. The number of aromatic nitrogens is 2. The van der Waals surface area contributed by atoms with Gasteiger partial charge in [0.05, 0.1) is 11.0 Å². The molecule has 6 nitrogen and oxygen atoms in total. The molecular formula is C27H34FN3O3. The Morgan fingerprint density at radius 3 is 2.29 bits per heavy atom. The van der Waals surface area contributed by atoms with Gasteiger partial charge in [-0.2, -0.15) is 0 Å². The van der Waals surface area contributed by atoms with Gasteiger partial charge >= 0.3 is 11.8 Å². The van der Waals surface area contributed by atoms with Crippen molar-refractivity contribution >= 4 is 17.1 Å². The van der Waals surface area contributed by atoms with Crippen molar-refractivity contribution in [2.75, 3.05) is 13.1 Å². The number of carbonyl (C=O) groups is 1. The summed E-state index contributed by atoms with van der Waals surface area (Å²) in [6, 6.07) is 14.6. The highest BCUT2D eigenvalue weighted by Crippen LogP contribution is 2.27. The second-order valence-electron chi connectivity index (χ2n) is 10.1. The van der Waals surface area contributed by atoms with Crippen molar-refractivity contribution in [3.8, 4) is 0 Å². The molecule has 0 radical (unpaired) electrons. The number of nitrogens with zero attached hydrogens (tertiary/aromatic N) is 3. The van der Waals surface area contributed by atoms with Crippen molar-refractivity contribution < 1.29 is 13.9 Å². The van der Waals surface area contributed by atoms with Crippen LogP contribution >= 0.6 is 0 Å². The summed E-state index contributed by atoms with van der Waals surface area (Å²) in [4.78, 5) is 27.6. The van der Waals surface area contributed by atoms with Crippen LogP contribution in [0, 0.1) is 5.82 Å². The van der Waals surface area contributed by atoms with Crippen LogP contribution in [0.1, 0.15) is 58.1 Å².